The summed E-state index contributed by atoms with van der Waals surface area (Å²) in [5.41, 5.74) is 0. The second-order valence-corrected chi connectivity index (χ2v) is 7.84. The molecule has 26 heavy (non-hydrogen) atoms. The normalized spacial score (nSPS) is 14.0. The van der Waals surface area contributed by atoms with Crippen LogP contribution >= 0.6 is 46.9 Å². The van der Waals surface area contributed by atoms with Crippen LogP contribution in [0.25, 0.3) is 0 Å². The Labute approximate surface area is 184 Å². The van der Waals surface area contributed by atoms with Crippen molar-refractivity contribution in [2.75, 3.05) is 32.7 Å². The Bertz CT molecular complexity index is 511. The van der Waals surface area contributed by atoms with Crippen molar-refractivity contribution in [1.29, 1.82) is 0 Å². The molecule has 0 aliphatic carbocycles. The van der Waals surface area contributed by atoms with Crippen molar-refractivity contribution < 1.29 is 5.11 Å². The van der Waals surface area contributed by atoms with Crippen molar-refractivity contribution in [2.24, 2.45) is 4.99 Å². The molecule has 1 rings (SSSR count). The second-order valence-electron chi connectivity index (χ2n) is 6.09. The van der Waals surface area contributed by atoms with Gasteiger partial charge in [-0.1, -0.05) is 25.4 Å². The predicted molar refractivity (Wildman–Crippen MR) is 125 cm³/mol. The lowest BCUT2D eigenvalue weighted by atomic mass is 10.2. The third kappa shape index (κ3) is 10.3. The number of aliphatic imine (C=N–C) groups is 1. The standard InChI is InChI=1S/C18H33ClN4OS.HI/c1-5-20-18(21-13-15(24)16-10-11-17(19)25-16)22-14(4)9-8-12-23(6-2)7-3;/h10-11,14-15,24H,5-9,12-13H2,1-4H3,(H2,20,21,22);1H. The fraction of sp³-hybridized carbons (Fsp3) is 0.722. The van der Waals surface area contributed by atoms with Gasteiger partial charge in [0.05, 0.1) is 10.9 Å². The lowest BCUT2D eigenvalue weighted by Gasteiger charge is -2.21. The molecule has 0 fully saturated rings. The van der Waals surface area contributed by atoms with E-state index in [1.807, 2.05) is 13.0 Å². The molecule has 0 amide bonds. The third-order valence-corrected chi connectivity index (χ3v) is 5.41. The van der Waals surface area contributed by atoms with E-state index in [1.54, 1.807) is 6.07 Å². The second kappa shape index (κ2) is 14.9. The lowest BCUT2D eigenvalue weighted by Crippen LogP contribution is -2.42. The number of rotatable bonds is 11. The minimum absolute atomic E-state index is 0. The first-order valence-corrected chi connectivity index (χ1v) is 10.4. The molecule has 0 aliphatic heterocycles. The summed E-state index contributed by atoms with van der Waals surface area (Å²) in [7, 11) is 0. The zero-order valence-electron chi connectivity index (χ0n) is 16.3. The molecule has 1 aromatic heterocycles. The molecule has 0 saturated heterocycles. The lowest BCUT2D eigenvalue weighted by molar-refractivity contribution is 0.191. The van der Waals surface area contributed by atoms with Gasteiger partial charge in [-0.2, -0.15) is 0 Å². The average Bonchev–Trinajstić information content (AvgIpc) is 3.03. The molecular formula is C18H34ClIN4OS. The Morgan fingerprint density at radius 3 is 2.54 bits per heavy atom. The molecule has 1 heterocycles. The van der Waals surface area contributed by atoms with Crippen LogP contribution in [-0.2, 0) is 0 Å². The van der Waals surface area contributed by atoms with Crippen LogP contribution in [0, 0.1) is 0 Å². The Balaban J connectivity index is 0.00000625. The fourth-order valence-electron chi connectivity index (χ4n) is 2.56. The van der Waals surface area contributed by atoms with Gasteiger partial charge in [0.15, 0.2) is 5.96 Å². The van der Waals surface area contributed by atoms with Crippen LogP contribution in [0.2, 0.25) is 4.34 Å². The molecule has 0 radical (unpaired) electrons. The first-order chi connectivity index (χ1) is 12.0. The molecule has 0 aliphatic rings. The van der Waals surface area contributed by atoms with E-state index in [0.29, 0.717) is 16.9 Å². The van der Waals surface area contributed by atoms with Gasteiger partial charge >= 0.3 is 0 Å². The maximum Gasteiger partial charge on any atom is 0.191 e. The maximum atomic E-state index is 10.2. The van der Waals surface area contributed by atoms with Gasteiger partial charge in [-0.05, 0) is 58.5 Å². The van der Waals surface area contributed by atoms with Gasteiger partial charge in [0.1, 0.15) is 6.10 Å². The van der Waals surface area contributed by atoms with E-state index in [4.69, 9.17) is 11.6 Å². The van der Waals surface area contributed by atoms with E-state index >= 15 is 0 Å². The minimum atomic E-state index is -0.620. The van der Waals surface area contributed by atoms with Gasteiger partial charge in [0, 0.05) is 17.5 Å². The van der Waals surface area contributed by atoms with Gasteiger partial charge in [0.25, 0.3) is 0 Å². The SMILES string of the molecule is CCNC(=NCC(O)c1ccc(Cl)s1)NC(C)CCCN(CC)CC.I. The highest BCUT2D eigenvalue weighted by molar-refractivity contribution is 14.0. The van der Waals surface area contributed by atoms with Gasteiger partial charge in [-0.3, -0.25) is 4.99 Å². The molecule has 1 aromatic rings. The van der Waals surface area contributed by atoms with Crippen LogP contribution in [0.1, 0.15) is 51.5 Å². The van der Waals surface area contributed by atoms with Gasteiger partial charge < -0.3 is 20.6 Å². The Hall–Kier alpha value is -0.0900. The Kier molecular flexibility index (Phi) is 14.9. The number of halogens is 2. The number of guanidine groups is 1. The number of hydrogen-bond acceptors (Lipinski definition) is 4. The summed E-state index contributed by atoms with van der Waals surface area (Å²) in [4.78, 5) is 7.80. The summed E-state index contributed by atoms with van der Waals surface area (Å²) < 4.78 is 0.685. The van der Waals surface area contributed by atoms with E-state index in [2.05, 4.69) is 41.3 Å². The minimum Gasteiger partial charge on any atom is -0.386 e. The number of nitrogens with one attached hydrogen (secondary N) is 2. The summed E-state index contributed by atoms with van der Waals surface area (Å²) in [6.45, 7) is 13.1. The molecule has 3 N–H and O–H groups in total. The number of nitrogens with zero attached hydrogens (tertiary/aromatic N) is 2. The van der Waals surface area contributed by atoms with Crippen molar-refractivity contribution in [3.8, 4) is 0 Å². The van der Waals surface area contributed by atoms with Crippen LogP contribution in [0.4, 0.5) is 0 Å². The molecule has 0 aromatic carbocycles. The van der Waals surface area contributed by atoms with Crippen molar-refractivity contribution in [2.45, 2.75) is 52.7 Å². The number of aliphatic hydroxyl groups is 1. The third-order valence-electron chi connectivity index (χ3n) is 4.08. The van der Waals surface area contributed by atoms with E-state index in [9.17, 15) is 5.11 Å². The average molecular weight is 517 g/mol. The Morgan fingerprint density at radius 2 is 2.00 bits per heavy atom. The van der Waals surface area contributed by atoms with Crippen LogP contribution < -0.4 is 10.6 Å². The molecule has 0 bridgehead atoms. The highest BCUT2D eigenvalue weighted by Gasteiger charge is 2.11. The summed E-state index contributed by atoms with van der Waals surface area (Å²) in [5, 5.41) is 16.9. The summed E-state index contributed by atoms with van der Waals surface area (Å²) in [6.07, 6.45) is 1.63. The van der Waals surface area contributed by atoms with Crippen LogP contribution in [-0.4, -0.2) is 54.7 Å². The smallest absolute Gasteiger partial charge is 0.191 e. The highest BCUT2D eigenvalue weighted by Crippen LogP contribution is 2.26. The summed E-state index contributed by atoms with van der Waals surface area (Å²) in [6, 6.07) is 3.99. The van der Waals surface area contributed by atoms with Crippen molar-refractivity contribution in [3.05, 3.63) is 21.3 Å². The van der Waals surface area contributed by atoms with Crippen LogP contribution in [0.15, 0.2) is 17.1 Å². The predicted octanol–water partition coefficient (Wildman–Crippen LogP) is 4.12. The molecule has 5 nitrogen and oxygen atoms in total. The molecule has 0 spiro atoms. The molecule has 8 heteroatoms. The van der Waals surface area contributed by atoms with E-state index < -0.39 is 6.10 Å². The monoisotopic (exact) mass is 516 g/mol. The zero-order chi connectivity index (χ0) is 18.7. The molecule has 0 saturated carbocycles. The van der Waals surface area contributed by atoms with Gasteiger partial charge in [-0.25, -0.2) is 0 Å². The van der Waals surface area contributed by atoms with Crippen molar-refractivity contribution >= 4 is 52.9 Å². The van der Waals surface area contributed by atoms with Crippen LogP contribution in [0.3, 0.4) is 0 Å². The zero-order valence-corrected chi connectivity index (χ0v) is 20.2. The van der Waals surface area contributed by atoms with E-state index in [0.717, 1.165) is 49.9 Å². The molecular weight excluding hydrogens is 483 g/mol. The number of thiophene rings is 1. The van der Waals surface area contributed by atoms with Crippen LogP contribution in [0.5, 0.6) is 0 Å². The fourth-order valence-corrected chi connectivity index (χ4v) is 3.60. The first-order valence-electron chi connectivity index (χ1n) is 9.20. The quantitative estimate of drug-likeness (QED) is 0.235. The number of hydrogen-bond donors (Lipinski definition) is 3. The van der Waals surface area contributed by atoms with Crippen molar-refractivity contribution in [1.82, 2.24) is 15.5 Å². The first kappa shape index (κ1) is 25.9. The highest BCUT2D eigenvalue weighted by atomic mass is 127. The molecule has 152 valence electrons. The molecule has 2 unspecified atom stereocenters. The van der Waals surface area contributed by atoms with Gasteiger partial charge in [-0.15, -0.1) is 35.3 Å². The summed E-state index contributed by atoms with van der Waals surface area (Å²) in [5.74, 6) is 0.750. The largest absolute Gasteiger partial charge is 0.386 e. The Morgan fingerprint density at radius 1 is 1.31 bits per heavy atom. The van der Waals surface area contributed by atoms with E-state index in [1.165, 1.54) is 11.3 Å². The van der Waals surface area contributed by atoms with Crippen molar-refractivity contribution in [3.63, 3.8) is 0 Å². The number of aliphatic hydroxyl groups excluding tert-OH is 1. The summed E-state index contributed by atoms with van der Waals surface area (Å²) >= 11 is 7.31. The maximum absolute atomic E-state index is 10.2. The topological polar surface area (TPSA) is 59.9 Å². The molecule has 2 atom stereocenters. The van der Waals surface area contributed by atoms with E-state index in [-0.39, 0.29) is 24.0 Å². The van der Waals surface area contributed by atoms with Gasteiger partial charge in [0.2, 0.25) is 0 Å².